The van der Waals surface area contributed by atoms with Gasteiger partial charge in [-0.25, -0.2) is 9.97 Å². The smallest absolute Gasteiger partial charge is 0.308 e. The van der Waals surface area contributed by atoms with Crippen molar-refractivity contribution in [3.05, 3.63) is 17.6 Å². The second-order valence-corrected chi connectivity index (χ2v) is 4.60. The highest BCUT2D eigenvalue weighted by atomic mass is 16.4. The average molecular weight is 235 g/mol. The molecule has 1 atom stereocenters. The summed E-state index contributed by atoms with van der Waals surface area (Å²) in [6.45, 7) is 2.18. The van der Waals surface area contributed by atoms with Crippen molar-refractivity contribution in [1.82, 2.24) is 9.97 Å². The van der Waals surface area contributed by atoms with E-state index >= 15 is 0 Å². The third-order valence-corrected chi connectivity index (χ3v) is 3.18. The Morgan fingerprint density at radius 1 is 1.53 bits per heavy atom. The Morgan fingerprint density at radius 2 is 2.29 bits per heavy atom. The summed E-state index contributed by atoms with van der Waals surface area (Å²) in [4.78, 5) is 21.3. The SMILES string of the molecule is CC(CN(C)c1ncnc2c1CCC2)C(=O)O. The maximum atomic E-state index is 10.8. The largest absolute Gasteiger partial charge is 0.481 e. The van der Waals surface area contributed by atoms with Crippen LogP contribution in [0.25, 0.3) is 0 Å². The third kappa shape index (κ3) is 2.38. The van der Waals surface area contributed by atoms with Crippen molar-refractivity contribution >= 4 is 11.8 Å². The van der Waals surface area contributed by atoms with Gasteiger partial charge in [-0.3, -0.25) is 4.79 Å². The number of anilines is 1. The molecule has 17 heavy (non-hydrogen) atoms. The van der Waals surface area contributed by atoms with Crippen molar-refractivity contribution in [2.24, 2.45) is 5.92 Å². The van der Waals surface area contributed by atoms with E-state index in [0.29, 0.717) is 6.54 Å². The first-order valence-electron chi connectivity index (χ1n) is 5.86. The van der Waals surface area contributed by atoms with E-state index in [-0.39, 0.29) is 0 Å². The summed E-state index contributed by atoms with van der Waals surface area (Å²) >= 11 is 0. The highest BCUT2D eigenvalue weighted by Crippen LogP contribution is 2.27. The predicted octanol–water partition coefficient (Wildman–Crippen LogP) is 1.12. The lowest BCUT2D eigenvalue weighted by molar-refractivity contribution is -0.140. The molecule has 0 saturated carbocycles. The fraction of sp³-hybridized carbons (Fsp3) is 0.583. The lowest BCUT2D eigenvalue weighted by Crippen LogP contribution is -2.29. The van der Waals surface area contributed by atoms with Gasteiger partial charge in [0.25, 0.3) is 0 Å². The van der Waals surface area contributed by atoms with Gasteiger partial charge in [-0.2, -0.15) is 0 Å². The summed E-state index contributed by atoms with van der Waals surface area (Å²) in [6, 6.07) is 0. The van der Waals surface area contributed by atoms with Crippen molar-refractivity contribution in [3.8, 4) is 0 Å². The molecule has 1 unspecified atom stereocenters. The summed E-state index contributed by atoms with van der Waals surface area (Å²) in [5.74, 6) is -0.282. The zero-order chi connectivity index (χ0) is 12.4. The van der Waals surface area contributed by atoms with Gasteiger partial charge < -0.3 is 10.0 Å². The van der Waals surface area contributed by atoms with Gasteiger partial charge >= 0.3 is 5.97 Å². The molecule has 1 aromatic rings. The Labute approximate surface area is 100 Å². The minimum absolute atomic E-state index is 0.396. The lowest BCUT2D eigenvalue weighted by Gasteiger charge is -2.22. The minimum Gasteiger partial charge on any atom is -0.481 e. The van der Waals surface area contributed by atoms with Crippen LogP contribution in [-0.2, 0) is 17.6 Å². The van der Waals surface area contributed by atoms with Crippen LogP contribution >= 0.6 is 0 Å². The van der Waals surface area contributed by atoms with Gasteiger partial charge in [0.2, 0.25) is 0 Å². The number of fused-ring (bicyclic) bond motifs is 1. The predicted molar refractivity (Wildman–Crippen MR) is 64.1 cm³/mol. The van der Waals surface area contributed by atoms with E-state index in [4.69, 9.17) is 5.11 Å². The van der Waals surface area contributed by atoms with Crippen LogP contribution in [0.1, 0.15) is 24.6 Å². The molecular weight excluding hydrogens is 218 g/mol. The monoisotopic (exact) mass is 235 g/mol. The first-order valence-corrected chi connectivity index (χ1v) is 5.86. The van der Waals surface area contributed by atoms with Gasteiger partial charge in [0, 0.05) is 24.8 Å². The number of aromatic nitrogens is 2. The third-order valence-electron chi connectivity index (χ3n) is 3.18. The van der Waals surface area contributed by atoms with Crippen LogP contribution in [-0.4, -0.2) is 34.6 Å². The van der Waals surface area contributed by atoms with Crippen LogP contribution < -0.4 is 4.90 Å². The number of rotatable bonds is 4. The molecule has 0 bridgehead atoms. The maximum absolute atomic E-state index is 10.8. The number of nitrogens with zero attached hydrogens (tertiary/aromatic N) is 3. The van der Waals surface area contributed by atoms with E-state index in [0.717, 1.165) is 30.8 Å². The Kier molecular flexibility index (Phi) is 3.26. The topological polar surface area (TPSA) is 66.3 Å². The summed E-state index contributed by atoms with van der Waals surface area (Å²) in [6.07, 6.45) is 4.69. The molecule has 5 heteroatoms. The highest BCUT2D eigenvalue weighted by Gasteiger charge is 2.21. The number of aryl methyl sites for hydroxylation is 1. The van der Waals surface area contributed by atoms with Gasteiger partial charge in [-0.05, 0) is 19.3 Å². The quantitative estimate of drug-likeness (QED) is 0.847. The molecule has 5 nitrogen and oxygen atoms in total. The molecular formula is C12H17N3O2. The Balaban J connectivity index is 2.17. The molecule has 2 rings (SSSR count). The Hall–Kier alpha value is -1.65. The number of aliphatic carboxylic acids is 1. The second kappa shape index (κ2) is 4.69. The molecule has 0 saturated heterocycles. The fourth-order valence-corrected chi connectivity index (χ4v) is 2.25. The van der Waals surface area contributed by atoms with Crippen LogP contribution in [0, 0.1) is 5.92 Å². The van der Waals surface area contributed by atoms with Crippen LogP contribution in [0.3, 0.4) is 0 Å². The Morgan fingerprint density at radius 3 is 3.00 bits per heavy atom. The van der Waals surface area contributed by atoms with E-state index < -0.39 is 11.9 Å². The zero-order valence-electron chi connectivity index (χ0n) is 10.2. The van der Waals surface area contributed by atoms with Crippen LogP contribution in [0.15, 0.2) is 6.33 Å². The molecule has 0 amide bonds. The van der Waals surface area contributed by atoms with Crippen molar-refractivity contribution in [2.75, 3.05) is 18.5 Å². The number of hydrogen-bond donors (Lipinski definition) is 1. The lowest BCUT2D eigenvalue weighted by atomic mass is 10.1. The Bertz CT molecular complexity index is 434. The van der Waals surface area contributed by atoms with Gasteiger partial charge in [0.1, 0.15) is 12.1 Å². The number of hydrogen-bond acceptors (Lipinski definition) is 4. The van der Waals surface area contributed by atoms with Crippen LogP contribution in [0.2, 0.25) is 0 Å². The molecule has 0 aliphatic heterocycles. The van der Waals surface area contributed by atoms with Crippen molar-refractivity contribution in [2.45, 2.75) is 26.2 Å². The molecule has 1 N–H and O–H groups in total. The second-order valence-electron chi connectivity index (χ2n) is 4.60. The van der Waals surface area contributed by atoms with Crippen molar-refractivity contribution in [1.29, 1.82) is 0 Å². The first kappa shape index (κ1) is 11.8. The molecule has 1 aromatic heterocycles. The first-order chi connectivity index (χ1) is 8.09. The van der Waals surface area contributed by atoms with Crippen LogP contribution in [0.4, 0.5) is 5.82 Å². The van der Waals surface area contributed by atoms with Gasteiger partial charge in [0.15, 0.2) is 0 Å². The fourth-order valence-electron chi connectivity index (χ4n) is 2.25. The summed E-state index contributed by atoms with van der Waals surface area (Å²) < 4.78 is 0. The molecule has 1 heterocycles. The molecule has 0 fully saturated rings. The standard InChI is InChI=1S/C12H17N3O2/c1-8(12(16)17)6-15(2)11-9-4-3-5-10(9)13-7-14-11/h7-8H,3-6H2,1-2H3,(H,16,17). The summed E-state index contributed by atoms with van der Waals surface area (Å²) in [5.41, 5.74) is 2.30. The summed E-state index contributed by atoms with van der Waals surface area (Å²) in [5, 5.41) is 8.91. The molecule has 0 radical (unpaired) electrons. The normalized spacial score (nSPS) is 15.4. The van der Waals surface area contributed by atoms with E-state index in [2.05, 4.69) is 9.97 Å². The number of carboxylic acid groups (broad SMARTS) is 1. The zero-order valence-corrected chi connectivity index (χ0v) is 10.2. The highest BCUT2D eigenvalue weighted by molar-refractivity contribution is 5.70. The molecule has 0 aromatic carbocycles. The summed E-state index contributed by atoms with van der Waals surface area (Å²) in [7, 11) is 1.89. The molecule has 1 aliphatic rings. The average Bonchev–Trinajstić information content (AvgIpc) is 2.76. The molecule has 92 valence electrons. The minimum atomic E-state index is -0.775. The molecule has 1 aliphatic carbocycles. The van der Waals surface area contributed by atoms with E-state index in [1.807, 2.05) is 11.9 Å². The van der Waals surface area contributed by atoms with Gasteiger partial charge in [-0.1, -0.05) is 6.92 Å². The van der Waals surface area contributed by atoms with Crippen molar-refractivity contribution in [3.63, 3.8) is 0 Å². The number of carbonyl (C=O) groups is 1. The molecule has 0 spiro atoms. The number of carboxylic acids is 1. The maximum Gasteiger partial charge on any atom is 0.308 e. The van der Waals surface area contributed by atoms with E-state index in [9.17, 15) is 4.79 Å². The van der Waals surface area contributed by atoms with Crippen molar-refractivity contribution < 1.29 is 9.90 Å². The van der Waals surface area contributed by atoms with Gasteiger partial charge in [0.05, 0.1) is 5.92 Å². The van der Waals surface area contributed by atoms with Crippen LogP contribution in [0.5, 0.6) is 0 Å². The van der Waals surface area contributed by atoms with E-state index in [1.54, 1.807) is 13.3 Å². The van der Waals surface area contributed by atoms with Gasteiger partial charge in [-0.15, -0.1) is 0 Å². The van der Waals surface area contributed by atoms with E-state index in [1.165, 1.54) is 5.56 Å².